The van der Waals surface area contributed by atoms with E-state index in [1.165, 1.54) is 4.90 Å². The van der Waals surface area contributed by atoms with Gasteiger partial charge in [-0.1, -0.05) is 0 Å². The highest BCUT2D eigenvalue weighted by Gasteiger charge is 2.54. The number of alkyl halides is 4. The average Bonchev–Trinajstić information content (AvgIpc) is 2.99. The first-order valence-electron chi connectivity index (χ1n) is 6.91. The van der Waals surface area contributed by atoms with E-state index >= 15 is 0 Å². The zero-order chi connectivity index (χ0) is 16.8. The van der Waals surface area contributed by atoms with Crippen molar-refractivity contribution in [3.8, 4) is 5.75 Å². The van der Waals surface area contributed by atoms with Crippen LogP contribution in [0.3, 0.4) is 0 Å². The number of nitrogens with zero attached hydrogens (tertiary/aromatic N) is 1. The lowest BCUT2D eigenvalue weighted by molar-refractivity contribution is -0.0521. The van der Waals surface area contributed by atoms with Gasteiger partial charge in [0.2, 0.25) is 5.82 Å². The predicted molar refractivity (Wildman–Crippen MR) is 68.1 cm³/mol. The van der Waals surface area contributed by atoms with E-state index in [2.05, 4.69) is 4.74 Å². The lowest BCUT2D eigenvalue weighted by atomic mass is 9.98. The van der Waals surface area contributed by atoms with Crippen LogP contribution in [-0.2, 0) is 4.74 Å². The van der Waals surface area contributed by atoms with E-state index in [0.717, 1.165) is 12.1 Å². The molecule has 2 fully saturated rings. The van der Waals surface area contributed by atoms with Crippen molar-refractivity contribution in [3.05, 3.63) is 23.8 Å². The van der Waals surface area contributed by atoms with Crippen molar-refractivity contribution in [1.82, 2.24) is 0 Å². The molecule has 0 bridgehead atoms. The highest BCUT2D eigenvalue weighted by atomic mass is 19.3. The molecule has 2 aliphatic heterocycles. The van der Waals surface area contributed by atoms with Gasteiger partial charge in [-0.2, -0.15) is 13.2 Å². The molecule has 0 amide bonds. The summed E-state index contributed by atoms with van der Waals surface area (Å²) in [5.41, 5.74) is -1.23. The Morgan fingerprint density at radius 3 is 2.57 bits per heavy atom. The van der Waals surface area contributed by atoms with Crippen LogP contribution in [0.1, 0.15) is 12.8 Å². The van der Waals surface area contributed by atoms with Crippen LogP contribution in [0.5, 0.6) is 5.75 Å². The van der Waals surface area contributed by atoms with Crippen LogP contribution in [0, 0.1) is 11.6 Å². The molecule has 3 rings (SSSR count). The third-order valence-corrected chi connectivity index (χ3v) is 4.06. The minimum Gasteiger partial charge on any atom is -0.429 e. The molecule has 0 saturated carbocycles. The SMILES string of the molecule is Fc1ccc(N2CCC3(C2)CC(F)(F)CO3)c(OC(F)F)c1F. The quantitative estimate of drug-likeness (QED) is 0.785. The fourth-order valence-electron chi connectivity index (χ4n) is 3.12. The second-order valence-electron chi connectivity index (χ2n) is 5.76. The molecule has 1 aromatic rings. The van der Waals surface area contributed by atoms with Gasteiger partial charge in [-0.15, -0.1) is 0 Å². The fourth-order valence-corrected chi connectivity index (χ4v) is 3.12. The van der Waals surface area contributed by atoms with Gasteiger partial charge in [-0.25, -0.2) is 13.2 Å². The largest absolute Gasteiger partial charge is 0.429 e. The van der Waals surface area contributed by atoms with Crippen molar-refractivity contribution in [2.75, 3.05) is 24.6 Å². The van der Waals surface area contributed by atoms with Crippen molar-refractivity contribution in [2.24, 2.45) is 0 Å². The number of hydrogen-bond donors (Lipinski definition) is 0. The molecule has 9 heteroatoms. The molecule has 0 radical (unpaired) electrons. The molecular weight excluding hydrogens is 328 g/mol. The number of ether oxygens (including phenoxy) is 2. The number of halogens is 6. The normalized spacial score (nSPS) is 26.5. The number of rotatable bonds is 3. The molecule has 0 aromatic heterocycles. The van der Waals surface area contributed by atoms with Crippen LogP contribution in [0.4, 0.5) is 32.0 Å². The summed E-state index contributed by atoms with van der Waals surface area (Å²) in [6.45, 7) is -3.90. The van der Waals surface area contributed by atoms with E-state index < -0.39 is 48.5 Å². The third kappa shape index (κ3) is 3.06. The van der Waals surface area contributed by atoms with Crippen molar-refractivity contribution < 1.29 is 35.8 Å². The smallest absolute Gasteiger partial charge is 0.387 e. The van der Waals surface area contributed by atoms with E-state index in [1.54, 1.807) is 0 Å². The second kappa shape index (κ2) is 5.47. The Balaban J connectivity index is 1.87. The van der Waals surface area contributed by atoms with Gasteiger partial charge in [0, 0.05) is 19.5 Å². The summed E-state index contributed by atoms with van der Waals surface area (Å²) in [5, 5.41) is 0. The monoisotopic (exact) mass is 341 g/mol. The lowest BCUT2D eigenvalue weighted by Crippen LogP contribution is -2.33. The van der Waals surface area contributed by atoms with Crippen LogP contribution in [-0.4, -0.2) is 37.8 Å². The molecule has 1 spiro atoms. The molecular formula is C14H13F6NO2. The van der Waals surface area contributed by atoms with Crippen LogP contribution in [0.15, 0.2) is 12.1 Å². The first-order valence-corrected chi connectivity index (χ1v) is 6.91. The Hall–Kier alpha value is -1.64. The molecule has 128 valence electrons. The van der Waals surface area contributed by atoms with Gasteiger partial charge >= 0.3 is 6.61 Å². The maximum absolute atomic E-state index is 13.8. The summed E-state index contributed by atoms with van der Waals surface area (Å²) < 4.78 is 87.9. The van der Waals surface area contributed by atoms with E-state index in [0.29, 0.717) is 0 Å². The lowest BCUT2D eigenvalue weighted by Gasteiger charge is -2.25. The molecule has 23 heavy (non-hydrogen) atoms. The first kappa shape index (κ1) is 16.2. The minimum absolute atomic E-state index is 0.0345. The second-order valence-corrected chi connectivity index (χ2v) is 5.76. The Kier molecular flexibility index (Phi) is 3.86. The number of hydrogen-bond acceptors (Lipinski definition) is 3. The van der Waals surface area contributed by atoms with Crippen molar-refractivity contribution in [2.45, 2.75) is 31.0 Å². The van der Waals surface area contributed by atoms with Gasteiger partial charge in [0.15, 0.2) is 11.6 Å². The summed E-state index contributed by atoms with van der Waals surface area (Å²) >= 11 is 0. The molecule has 0 aliphatic carbocycles. The summed E-state index contributed by atoms with van der Waals surface area (Å²) in [6.07, 6.45) is -0.263. The average molecular weight is 341 g/mol. The number of anilines is 1. The maximum atomic E-state index is 13.8. The summed E-state index contributed by atoms with van der Waals surface area (Å²) in [7, 11) is 0. The van der Waals surface area contributed by atoms with Crippen LogP contribution >= 0.6 is 0 Å². The van der Waals surface area contributed by atoms with Crippen molar-refractivity contribution >= 4 is 5.69 Å². The first-order chi connectivity index (χ1) is 10.7. The highest BCUT2D eigenvalue weighted by molar-refractivity contribution is 5.60. The van der Waals surface area contributed by atoms with Crippen LogP contribution in [0.2, 0.25) is 0 Å². The molecule has 1 unspecified atom stereocenters. The predicted octanol–water partition coefficient (Wildman–Crippen LogP) is 3.57. The van der Waals surface area contributed by atoms with E-state index in [-0.39, 0.29) is 25.2 Å². The molecule has 2 heterocycles. The van der Waals surface area contributed by atoms with Gasteiger partial charge in [0.25, 0.3) is 5.92 Å². The van der Waals surface area contributed by atoms with Crippen LogP contribution < -0.4 is 9.64 Å². The molecule has 2 aliphatic rings. The topological polar surface area (TPSA) is 21.7 Å². The molecule has 3 nitrogen and oxygen atoms in total. The highest BCUT2D eigenvalue weighted by Crippen LogP contribution is 2.45. The summed E-state index contributed by atoms with van der Waals surface area (Å²) in [6, 6.07) is 1.86. The van der Waals surface area contributed by atoms with Gasteiger partial charge in [0.05, 0.1) is 11.3 Å². The van der Waals surface area contributed by atoms with Crippen molar-refractivity contribution in [1.29, 1.82) is 0 Å². The molecule has 1 aromatic carbocycles. The maximum Gasteiger partial charge on any atom is 0.387 e. The third-order valence-electron chi connectivity index (χ3n) is 4.06. The van der Waals surface area contributed by atoms with Gasteiger partial charge < -0.3 is 14.4 Å². The Morgan fingerprint density at radius 1 is 1.22 bits per heavy atom. The summed E-state index contributed by atoms with van der Waals surface area (Å²) in [5.74, 6) is -6.75. The Labute approximate surface area is 127 Å². The standard InChI is InChI=1S/C14H13F6NO2/c15-8-1-2-9(11(10(8)16)23-12(17)18)21-4-3-13(6-21)5-14(19,20)7-22-13/h1-2,12H,3-7H2. The van der Waals surface area contributed by atoms with Gasteiger partial charge in [0.1, 0.15) is 6.61 Å². The van der Waals surface area contributed by atoms with Crippen LogP contribution in [0.25, 0.3) is 0 Å². The van der Waals surface area contributed by atoms with E-state index in [1.807, 2.05) is 0 Å². The van der Waals surface area contributed by atoms with E-state index in [9.17, 15) is 26.3 Å². The van der Waals surface area contributed by atoms with Crippen molar-refractivity contribution in [3.63, 3.8) is 0 Å². The molecule has 0 N–H and O–H groups in total. The fraction of sp³-hybridized carbons (Fsp3) is 0.571. The van der Waals surface area contributed by atoms with Gasteiger partial charge in [-0.3, -0.25) is 0 Å². The Bertz CT molecular complexity index is 611. The Morgan fingerprint density at radius 2 is 1.96 bits per heavy atom. The van der Waals surface area contributed by atoms with E-state index in [4.69, 9.17) is 4.74 Å². The molecule has 1 atom stereocenters. The zero-order valence-electron chi connectivity index (χ0n) is 11.8. The van der Waals surface area contributed by atoms with Gasteiger partial charge in [-0.05, 0) is 18.6 Å². The zero-order valence-corrected chi connectivity index (χ0v) is 11.8. The minimum atomic E-state index is -3.34. The molecule has 2 saturated heterocycles. The summed E-state index contributed by atoms with van der Waals surface area (Å²) in [4.78, 5) is 1.39. The number of benzene rings is 1.